The molecule has 4 bridgehead atoms. The quantitative estimate of drug-likeness (QED) is 0.581. The molecule has 29 heavy (non-hydrogen) atoms. The molecule has 5 rings (SSSR count). The van der Waals surface area contributed by atoms with Gasteiger partial charge < -0.3 is 25.4 Å². The van der Waals surface area contributed by atoms with Gasteiger partial charge in [-0.25, -0.2) is 9.50 Å². The maximum absolute atomic E-state index is 12.8. The van der Waals surface area contributed by atoms with Gasteiger partial charge >= 0.3 is 0 Å². The number of nitrogens with zero attached hydrogens (tertiary/aromatic N) is 3. The summed E-state index contributed by atoms with van der Waals surface area (Å²) in [7, 11) is 1.64. The van der Waals surface area contributed by atoms with Gasteiger partial charge in [-0.3, -0.25) is 4.79 Å². The van der Waals surface area contributed by atoms with Crippen molar-refractivity contribution < 1.29 is 14.3 Å². The lowest BCUT2D eigenvalue weighted by Gasteiger charge is -2.18. The number of nitrogens with one attached hydrogen (secondary N) is 3. The van der Waals surface area contributed by atoms with E-state index in [2.05, 4.69) is 20.9 Å². The fourth-order valence-electron chi connectivity index (χ4n) is 3.79. The Morgan fingerprint density at radius 2 is 2.24 bits per heavy atom. The van der Waals surface area contributed by atoms with Crippen molar-refractivity contribution >= 4 is 28.7 Å². The van der Waals surface area contributed by atoms with Gasteiger partial charge in [-0.2, -0.15) is 0 Å². The first-order valence-corrected chi connectivity index (χ1v) is 9.61. The third-order valence-corrected chi connectivity index (χ3v) is 5.19. The van der Waals surface area contributed by atoms with E-state index in [1.807, 2.05) is 25.1 Å². The number of anilines is 3. The minimum absolute atomic E-state index is 0.154. The molecule has 0 fully saturated rings. The summed E-state index contributed by atoms with van der Waals surface area (Å²) in [5.74, 6) is 1.14. The van der Waals surface area contributed by atoms with Gasteiger partial charge in [-0.05, 0) is 31.0 Å². The van der Waals surface area contributed by atoms with Gasteiger partial charge in [0.25, 0.3) is 5.91 Å². The zero-order chi connectivity index (χ0) is 20.0. The highest BCUT2D eigenvalue weighted by Gasteiger charge is 2.25. The number of amides is 1. The van der Waals surface area contributed by atoms with Crippen molar-refractivity contribution in [3.05, 3.63) is 41.2 Å². The molecule has 3 N–H and O–H groups in total. The van der Waals surface area contributed by atoms with Crippen molar-refractivity contribution in [1.29, 1.82) is 0 Å². The zero-order valence-corrected chi connectivity index (χ0v) is 16.3. The number of carbonyl (C=O) groups is 1. The molecule has 9 heteroatoms. The number of ether oxygens (including phenoxy) is 2. The first-order valence-electron chi connectivity index (χ1n) is 9.61. The smallest absolute Gasteiger partial charge is 0.271 e. The number of hydrogen-bond donors (Lipinski definition) is 3. The number of benzene rings is 1. The van der Waals surface area contributed by atoms with Gasteiger partial charge in [0, 0.05) is 18.2 Å². The van der Waals surface area contributed by atoms with Gasteiger partial charge in [-0.15, -0.1) is 5.10 Å². The summed E-state index contributed by atoms with van der Waals surface area (Å²) in [6.07, 6.45) is 2.38. The number of carbonyl (C=O) groups excluding carboxylic acids is 1. The van der Waals surface area contributed by atoms with Crippen molar-refractivity contribution in [2.75, 3.05) is 30.9 Å². The largest absolute Gasteiger partial charge is 0.495 e. The van der Waals surface area contributed by atoms with Crippen LogP contribution in [0.1, 0.15) is 28.5 Å². The van der Waals surface area contributed by atoms with Crippen molar-refractivity contribution in [2.45, 2.75) is 26.0 Å². The third-order valence-electron chi connectivity index (χ3n) is 5.19. The fraction of sp³-hybridized carbons (Fsp3) is 0.350. The molecule has 4 heterocycles. The first kappa shape index (κ1) is 17.7. The van der Waals surface area contributed by atoms with E-state index in [4.69, 9.17) is 14.6 Å². The van der Waals surface area contributed by atoms with E-state index >= 15 is 0 Å². The van der Waals surface area contributed by atoms with Gasteiger partial charge in [0.05, 0.1) is 37.9 Å². The number of methoxy groups -OCH3 is 1. The molecule has 150 valence electrons. The molecule has 9 nitrogen and oxygen atoms in total. The summed E-state index contributed by atoms with van der Waals surface area (Å²) in [4.78, 5) is 17.3. The number of hydrogen-bond acceptors (Lipinski definition) is 7. The van der Waals surface area contributed by atoms with Crippen LogP contribution in [-0.4, -0.2) is 46.8 Å². The third kappa shape index (κ3) is 3.03. The Balaban J connectivity index is 1.71. The predicted octanol–water partition coefficient (Wildman–Crippen LogP) is 2.10. The number of rotatable bonds is 1. The zero-order valence-electron chi connectivity index (χ0n) is 16.3. The Kier molecular flexibility index (Phi) is 4.24. The molecule has 0 spiro atoms. The second-order valence-corrected chi connectivity index (χ2v) is 7.31. The Bertz CT molecular complexity index is 1110. The van der Waals surface area contributed by atoms with E-state index in [-0.39, 0.29) is 11.9 Å². The SMILES string of the molecule is COc1ccc2cc1Nc1nn3c(cnc3c3c1CCN3)C(=O)N[C@H](C)COC2. The Hall–Kier alpha value is -3.33. The standard InChI is InChI=1S/C20H22N6O3/c1-11-9-29-10-12-3-4-16(28-2)14(7-12)24-18-13-5-6-21-17(13)19-22-8-15(20(27)23-11)26(19)25-18/h3-4,7-8,11,21H,5-6,9-10H2,1-2H3,(H,23,27)(H,24,25)/t11-/m1/s1. The molecular weight excluding hydrogens is 372 g/mol. The number of imidazole rings is 1. The van der Waals surface area contributed by atoms with Crippen LogP contribution in [0.2, 0.25) is 0 Å². The molecule has 1 aromatic carbocycles. The average Bonchev–Trinajstić information content (AvgIpc) is 3.34. The highest BCUT2D eigenvalue weighted by Crippen LogP contribution is 2.36. The van der Waals surface area contributed by atoms with Crippen LogP contribution in [0.3, 0.4) is 0 Å². The van der Waals surface area contributed by atoms with E-state index in [1.54, 1.807) is 17.8 Å². The second-order valence-electron chi connectivity index (χ2n) is 7.31. The van der Waals surface area contributed by atoms with E-state index in [1.165, 1.54) is 0 Å². The van der Waals surface area contributed by atoms with Gasteiger partial charge in [-0.1, -0.05) is 6.07 Å². The van der Waals surface area contributed by atoms with Crippen LogP contribution in [-0.2, 0) is 17.8 Å². The maximum Gasteiger partial charge on any atom is 0.271 e. The molecule has 0 saturated carbocycles. The van der Waals surface area contributed by atoms with E-state index in [0.717, 1.165) is 35.5 Å². The molecule has 3 aromatic rings. The number of fused-ring (bicyclic) bond motifs is 6. The van der Waals surface area contributed by atoms with Crippen LogP contribution < -0.4 is 20.7 Å². The number of aromatic nitrogens is 3. The van der Waals surface area contributed by atoms with Crippen LogP contribution in [0.25, 0.3) is 5.65 Å². The average molecular weight is 394 g/mol. The van der Waals surface area contributed by atoms with Crippen LogP contribution >= 0.6 is 0 Å². The molecule has 2 aliphatic heterocycles. The minimum atomic E-state index is -0.238. The normalized spacial score (nSPS) is 18.6. The minimum Gasteiger partial charge on any atom is -0.495 e. The highest BCUT2D eigenvalue weighted by molar-refractivity contribution is 5.94. The lowest BCUT2D eigenvalue weighted by atomic mass is 10.1. The van der Waals surface area contributed by atoms with Gasteiger partial charge in [0.1, 0.15) is 5.75 Å². The molecule has 1 atom stereocenters. The summed E-state index contributed by atoms with van der Waals surface area (Å²) >= 11 is 0. The van der Waals surface area contributed by atoms with Crippen molar-refractivity contribution in [3.63, 3.8) is 0 Å². The molecule has 0 unspecified atom stereocenters. The van der Waals surface area contributed by atoms with Gasteiger partial charge in [0.15, 0.2) is 17.2 Å². The molecule has 2 aliphatic rings. The summed E-state index contributed by atoms with van der Waals surface area (Å²) in [5, 5.41) is 14.5. The Labute approximate surface area is 167 Å². The molecule has 0 aliphatic carbocycles. The molecular formula is C20H22N6O3. The van der Waals surface area contributed by atoms with Crippen molar-refractivity contribution in [2.24, 2.45) is 0 Å². The first-order chi connectivity index (χ1) is 14.1. The second kappa shape index (κ2) is 6.93. The Morgan fingerprint density at radius 1 is 1.34 bits per heavy atom. The molecule has 2 aromatic heterocycles. The summed E-state index contributed by atoms with van der Waals surface area (Å²) < 4.78 is 12.9. The van der Waals surface area contributed by atoms with E-state index < -0.39 is 0 Å². The summed E-state index contributed by atoms with van der Waals surface area (Å²) in [6.45, 7) is 3.53. The van der Waals surface area contributed by atoms with Crippen LogP contribution in [0.4, 0.5) is 17.2 Å². The van der Waals surface area contributed by atoms with Crippen molar-refractivity contribution in [1.82, 2.24) is 19.9 Å². The summed E-state index contributed by atoms with van der Waals surface area (Å²) in [6, 6.07) is 5.73. The van der Waals surface area contributed by atoms with Crippen LogP contribution in [0.15, 0.2) is 24.4 Å². The van der Waals surface area contributed by atoms with Gasteiger partial charge in [0.2, 0.25) is 0 Å². The summed E-state index contributed by atoms with van der Waals surface area (Å²) in [5.41, 5.74) is 4.77. The molecule has 1 amide bonds. The lowest BCUT2D eigenvalue weighted by Crippen LogP contribution is -2.36. The monoisotopic (exact) mass is 394 g/mol. The Morgan fingerprint density at radius 3 is 3.10 bits per heavy atom. The van der Waals surface area contributed by atoms with Crippen LogP contribution in [0, 0.1) is 0 Å². The van der Waals surface area contributed by atoms with E-state index in [9.17, 15) is 4.79 Å². The highest BCUT2D eigenvalue weighted by atomic mass is 16.5. The van der Waals surface area contributed by atoms with Crippen molar-refractivity contribution in [3.8, 4) is 5.75 Å². The van der Waals surface area contributed by atoms with E-state index in [0.29, 0.717) is 36.1 Å². The topological polar surface area (TPSA) is 102 Å². The fourth-order valence-corrected chi connectivity index (χ4v) is 3.79. The maximum atomic E-state index is 12.8. The molecule has 0 radical (unpaired) electrons. The van der Waals surface area contributed by atoms with Crippen LogP contribution in [0.5, 0.6) is 5.75 Å². The predicted molar refractivity (Wildman–Crippen MR) is 108 cm³/mol. The molecule has 0 saturated heterocycles. The lowest BCUT2D eigenvalue weighted by molar-refractivity contribution is 0.0815.